The van der Waals surface area contributed by atoms with E-state index in [-0.39, 0.29) is 18.6 Å². The molecule has 0 bridgehead atoms. The van der Waals surface area contributed by atoms with Crippen molar-refractivity contribution >= 4 is 11.7 Å². The Hall–Kier alpha value is -2.30. The number of anilines is 1. The van der Waals surface area contributed by atoms with Gasteiger partial charge < -0.3 is 10.5 Å². The number of esters is 1. The highest BCUT2D eigenvalue weighted by Gasteiger charge is 2.10. The smallest absolute Gasteiger partial charge is 0.338 e. The molecule has 106 valence electrons. The quantitative estimate of drug-likeness (QED) is 0.687. The Morgan fingerprint density at radius 1 is 1.40 bits per heavy atom. The summed E-state index contributed by atoms with van der Waals surface area (Å²) in [6.45, 7) is 6.13. The highest BCUT2D eigenvalue weighted by molar-refractivity contribution is 5.90. The molecular formula is C15H19N3O2. The second kappa shape index (κ2) is 5.77. The van der Waals surface area contributed by atoms with Gasteiger partial charge in [-0.2, -0.15) is 5.10 Å². The molecule has 5 nitrogen and oxygen atoms in total. The molecule has 0 aliphatic rings. The van der Waals surface area contributed by atoms with E-state index in [1.165, 1.54) is 0 Å². The average molecular weight is 273 g/mol. The third kappa shape index (κ3) is 3.38. The van der Waals surface area contributed by atoms with Gasteiger partial charge in [0.2, 0.25) is 0 Å². The van der Waals surface area contributed by atoms with Gasteiger partial charge in [-0.1, -0.05) is 0 Å². The molecule has 1 aromatic carbocycles. The molecule has 2 aromatic rings. The molecule has 1 heterocycles. The first-order chi connectivity index (χ1) is 9.45. The molecule has 0 atom stereocenters. The maximum Gasteiger partial charge on any atom is 0.338 e. The minimum atomic E-state index is -0.389. The van der Waals surface area contributed by atoms with Gasteiger partial charge in [-0.05, 0) is 50.6 Å². The number of aromatic nitrogens is 2. The fourth-order valence-corrected chi connectivity index (χ4v) is 1.90. The van der Waals surface area contributed by atoms with Crippen LogP contribution in [0.15, 0.2) is 30.5 Å². The van der Waals surface area contributed by atoms with Crippen molar-refractivity contribution < 1.29 is 9.53 Å². The van der Waals surface area contributed by atoms with Gasteiger partial charge in [0, 0.05) is 17.9 Å². The molecule has 0 aliphatic heterocycles. The monoisotopic (exact) mass is 273 g/mol. The van der Waals surface area contributed by atoms with Gasteiger partial charge in [0.25, 0.3) is 0 Å². The van der Waals surface area contributed by atoms with Crippen LogP contribution in [0, 0.1) is 6.92 Å². The molecule has 1 aromatic heterocycles. The van der Waals surface area contributed by atoms with Crippen molar-refractivity contribution in [3.63, 3.8) is 0 Å². The van der Waals surface area contributed by atoms with Crippen LogP contribution in [-0.2, 0) is 11.3 Å². The first-order valence-corrected chi connectivity index (χ1v) is 6.54. The number of carbonyl (C=O) groups is 1. The molecule has 0 amide bonds. The van der Waals surface area contributed by atoms with Crippen LogP contribution in [0.2, 0.25) is 0 Å². The maximum atomic E-state index is 12.0. The van der Waals surface area contributed by atoms with Crippen molar-refractivity contribution in [1.82, 2.24) is 9.78 Å². The predicted molar refractivity (Wildman–Crippen MR) is 77.3 cm³/mol. The molecule has 0 unspecified atom stereocenters. The zero-order valence-electron chi connectivity index (χ0n) is 12.0. The first kappa shape index (κ1) is 14.1. The van der Waals surface area contributed by atoms with Crippen LogP contribution in [0.1, 0.15) is 41.5 Å². The lowest BCUT2D eigenvalue weighted by atomic mass is 10.1. The number of aryl methyl sites for hydroxylation is 1. The molecule has 20 heavy (non-hydrogen) atoms. The summed E-state index contributed by atoms with van der Waals surface area (Å²) in [6, 6.07) is 7.31. The first-order valence-electron chi connectivity index (χ1n) is 6.54. The fourth-order valence-electron chi connectivity index (χ4n) is 1.90. The van der Waals surface area contributed by atoms with Crippen molar-refractivity contribution in [2.24, 2.45) is 0 Å². The Balaban J connectivity index is 2.00. The van der Waals surface area contributed by atoms with Crippen molar-refractivity contribution in [2.75, 3.05) is 5.73 Å². The van der Waals surface area contributed by atoms with Crippen molar-refractivity contribution in [3.05, 3.63) is 47.3 Å². The highest BCUT2D eigenvalue weighted by Crippen LogP contribution is 2.13. The summed E-state index contributed by atoms with van der Waals surface area (Å²) in [7, 11) is 0. The van der Waals surface area contributed by atoms with Gasteiger partial charge in [0.1, 0.15) is 6.61 Å². The van der Waals surface area contributed by atoms with E-state index in [4.69, 9.17) is 10.5 Å². The lowest BCUT2D eigenvalue weighted by Gasteiger charge is -2.06. The third-order valence-corrected chi connectivity index (χ3v) is 2.88. The van der Waals surface area contributed by atoms with Gasteiger partial charge >= 0.3 is 5.97 Å². The van der Waals surface area contributed by atoms with Gasteiger partial charge in [-0.15, -0.1) is 0 Å². The van der Waals surface area contributed by atoms with E-state index in [2.05, 4.69) is 5.10 Å². The van der Waals surface area contributed by atoms with Crippen LogP contribution in [0.25, 0.3) is 0 Å². The Morgan fingerprint density at radius 2 is 2.15 bits per heavy atom. The van der Waals surface area contributed by atoms with Crippen LogP contribution >= 0.6 is 0 Å². The van der Waals surface area contributed by atoms with Crippen molar-refractivity contribution in [3.8, 4) is 0 Å². The molecule has 0 aliphatic carbocycles. The molecule has 2 N–H and O–H groups in total. The zero-order chi connectivity index (χ0) is 14.7. The summed E-state index contributed by atoms with van der Waals surface area (Å²) < 4.78 is 7.07. The van der Waals surface area contributed by atoms with E-state index in [0.29, 0.717) is 11.3 Å². The van der Waals surface area contributed by atoms with E-state index in [1.807, 2.05) is 37.7 Å². The van der Waals surface area contributed by atoms with E-state index in [1.54, 1.807) is 18.2 Å². The summed E-state index contributed by atoms with van der Waals surface area (Å²) in [5, 5.41) is 4.33. The van der Waals surface area contributed by atoms with E-state index >= 15 is 0 Å². The molecule has 0 radical (unpaired) electrons. The van der Waals surface area contributed by atoms with Crippen molar-refractivity contribution in [2.45, 2.75) is 33.4 Å². The Morgan fingerprint density at radius 3 is 2.75 bits per heavy atom. The van der Waals surface area contributed by atoms with Gasteiger partial charge in [0.15, 0.2) is 0 Å². The lowest BCUT2D eigenvalue weighted by Crippen LogP contribution is -2.07. The zero-order valence-corrected chi connectivity index (χ0v) is 12.0. The predicted octanol–water partition coefficient (Wildman–Crippen LogP) is 2.71. The maximum absolute atomic E-state index is 12.0. The summed E-state index contributed by atoms with van der Waals surface area (Å²) in [5.74, 6) is -0.389. The molecule has 0 spiro atoms. The molecular weight excluding hydrogens is 254 g/mol. The number of ether oxygens (including phenoxy) is 1. The summed E-state index contributed by atoms with van der Waals surface area (Å²) in [4.78, 5) is 12.0. The van der Waals surface area contributed by atoms with Crippen LogP contribution in [0.3, 0.4) is 0 Å². The summed E-state index contributed by atoms with van der Waals surface area (Å²) in [5.41, 5.74) is 8.40. The largest absolute Gasteiger partial charge is 0.456 e. The number of nitrogens with zero attached hydrogens (tertiary/aromatic N) is 2. The minimum absolute atomic E-state index is 0.159. The van der Waals surface area contributed by atoms with Gasteiger partial charge in [-0.25, -0.2) is 4.79 Å². The van der Waals surface area contributed by atoms with E-state index in [9.17, 15) is 4.79 Å². The molecule has 0 saturated carbocycles. The summed E-state index contributed by atoms with van der Waals surface area (Å²) in [6.07, 6.45) is 1.87. The molecule has 0 saturated heterocycles. The number of nitrogens with two attached hydrogens (primary N) is 1. The van der Waals surface area contributed by atoms with E-state index in [0.717, 1.165) is 11.3 Å². The summed E-state index contributed by atoms with van der Waals surface area (Å²) >= 11 is 0. The molecule has 5 heteroatoms. The Kier molecular flexibility index (Phi) is 4.08. The average Bonchev–Trinajstić information content (AvgIpc) is 2.83. The number of nitrogen functional groups attached to an aromatic ring is 1. The second-order valence-corrected chi connectivity index (χ2v) is 5.09. The third-order valence-electron chi connectivity index (χ3n) is 2.88. The fraction of sp³-hybridized carbons (Fsp3) is 0.333. The number of hydrogen-bond acceptors (Lipinski definition) is 4. The van der Waals surface area contributed by atoms with Crippen LogP contribution in [0.4, 0.5) is 5.69 Å². The van der Waals surface area contributed by atoms with Crippen LogP contribution < -0.4 is 5.73 Å². The van der Waals surface area contributed by atoms with E-state index < -0.39 is 0 Å². The number of hydrogen-bond donors (Lipinski definition) is 1. The molecule has 0 fully saturated rings. The standard InChI is InChI=1S/C15H19N3O2/c1-10(2)18-5-4-14(17-18)9-20-15(19)12-6-11(3)7-13(16)8-12/h4-8,10H,9,16H2,1-3H3. The van der Waals surface area contributed by atoms with Crippen LogP contribution in [0.5, 0.6) is 0 Å². The van der Waals surface area contributed by atoms with Crippen molar-refractivity contribution in [1.29, 1.82) is 0 Å². The Bertz CT molecular complexity index is 597. The highest BCUT2D eigenvalue weighted by atomic mass is 16.5. The molecule has 2 rings (SSSR count). The number of carbonyl (C=O) groups excluding carboxylic acids is 1. The topological polar surface area (TPSA) is 70.1 Å². The minimum Gasteiger partial charge on any atom is -0.456 e. The normalized spacial score (nSPS) is 10.8. The van der Waals surface area contributed by atoms with Crippen LogP contribution in [-0.4, -0.2) is 15.7 Å². The second-order valence-electron chi connectivity index (χ2n) is 5.09. The van der Waals surface area contributed by atoms with Gasteiger partial charge in [-0.3, -0.25) is 4.68 Å². The number of rotatable bonds is 4. The SMILES string of the molecule is Cc1cc(N)cc(C(=O)OCc2ccn(C(C)C)n2)c1. The number of benzene rings is 1. The van der Waals surface area contributed by atoms with Gasteiger partial charge in [0.05, 0.1) is 11.3 Å². The Labute approximate surface area is 118 Å². The lowest BCUT2D eigenvalue weighted by molar-refractivity contribution is 0.0467.